The van der Waals surface area contributed by atoms with Crippen LogP contribution in [0, 0.1) is 11.8 Å². The smallest absolute Gasteiger partial charge is 0.410 e. The highest BCUT2D eigenvalue weighted by Gasteiger charge is 2.43. The first-order valence-corrected chi connectivity index (χ1v) is 19.6. The summed E-state index contributed by atoms with van der Waals surface area (Å²) in [5.74, 6) is 0.00299. The molecule has 7 rings (SSSR count). The molecule has 0 spiro atoms. The predicted molar refractivity (Wildman–Crippen MR) is 212 cm³/mol. The fraction of sp³-hybridized carbons (Fsp3) is 0.488. The van der Waals surface area contributed by atoms with E-state index >= 15 is 0 Å². The Hall–Kier alpha value is -5.66. The van der Waals surface area contributed by atoms with Gasteiger partial charge in [-0.25, -0.2) is 19.4 Å². The predicted octanol–water partition coefficient (Wildman–Crippen LogP) is 7.08. The average molecular weight is 782 g/mol. The van der Waals surface area contributed by atoms with Gasteiger partial charge in [0.1, 0.15) is 35.9 Å². The van der Waals surface area contributed by atoms with E-state index < -0.39 is 42.3 Å². The first-order valence-electron chi connectivity index (χ1n) is 19.6. The molecule has 4 heterocycles. The van der Waals surface area contributed by atoms with Crippen LogP contribution in [0.15, 0.2) is 42.5 Å². The second kappa shape index (κ2) is 15.4. The van der Waals surface area contributed by atoms with Crippen LogP contribution in [0.3, 0.4) is 0 Å². The van der Waals surface area contributed by atoms with Gasteiger partial charge in [0.2, 0.25) is 5.91 Å². The Morgan fingerprint density at radius 2 is 1.79 bits per heavy atom. The standard InChI is InChI=1S/C43H51N5O9/c1-22(2)36(46-41(52)54-8)39(50)48-24(4)9-14-32(48)40(51)56-21-34(49)26-10-12-28-27(16-26)20-55-35-18-29-25(17-30(28)35)11-13-31-37(29)45-38(44-31)33-15-23(3)19-47(33)42(53)57-43(5,6)7/h10-13,16-18,22-24,32-33,36H,9,14-15,19-21H2,1-8H3,(H,44,45)(H,46,52)/t23-,24-,32-,33-,36-/m0/s1. The van der Waals surface area contributed by atoms with E-state index in [-0.39, 0.29) is 36.5 Å². The number of rotatable bonds is 8. The maximum Gasteiger partial charge on any atom is 0.410 e. The molecule has 5 atom stereocenters. The van der Waals surface area contributed by atoms with E-state index in [1.165, 1.54) is 12.0 Å². The van der Waals surface area contributed by atoms with Crippen LogP contribution in [0.1, 0.15) is 95.5 Å². The molecule has 3 aliphatic heterocycles. The summed E-state index contributed by atoms with van der Waals surface area (Å²) >= 11 is 0. The average Bonchev–Trinajstić information content (AvgIpc) is 3.90. The summed E-state index contributed by atoms with van der Waals surface area (Å²) in [6, 6.07) is 11.2. The number of esters is 1. The van der Waals surface area contributed by atoms with E-state index in [0.29, 0.717) is 36.6 Å². The van der Waals surface area contributed by atoms with Gasteiger partial charge in [-0.1, -0.05) is 39.0 Å². The maximum absolute atomic E-state index is 13.6. The fourth-order valence-corrected chi connectivity index (χ4v) is 8.23. The Kier molecular flexibility index (Phi) is 10.7. The van der Waals surface area contributed by atoms with Crippen molar-refractivity contribution < 1.29 is 42.9 Å². The second-order valence-corrected chi connectivity index (χ2v) is 16.9. The highest BCUT2D eigenvalue weighted by molar-refractivity contribution is 6.07. The second-order valence-electron chi connectivity index (χ2n) is 16.9. The van der Waals surface area contributed by atoms with Gasteiger partial charge in [-0.15, -0.1) is 0 Å². The van der Waals surface area contributed by atoms with Crippen molar-refractivity contribution in [1.29, 1.82) is 0 Å². The molecule has 2 saturated heterocycles. The molecule has 14 heteroatoms. The Labute approximate surface area is 331 Å². The van der Waals surface area contributed by atoms with Gasteiger partial charge in [-0.2, -0.15) is 0 Å². The van der Waals surface area contributed by atoms with E-state index in [4.69, 9.17) is 23.9 Å². The van der Waals surface area contributed by atoms with Crippen molar-refractivity contribution in [3.05, 3.63) is 59.4 Å². The summed E-state index contributed by atoms with van der Waals surface area (Å²) in [6.45, 7) is 13.5. The lowest BCUT2D eigenvalue weighted by molar-refractivity contribution is -0.154. The largest absolute Gasteiger partial charge is 0.488 e. The van der Waals surface area contributed by atoms with Crippen LogP contribution in [-0.4, -0.2) is 93.6 Å². The number of carbonyl (C=O) groups is 5. The number of methoxy groups -OCH3 is 1. The molecular formula is C43H51N5O9. The number of aromatic nitrogens is 2. The third-order valence-corrected chi connectivity index (χ3v) is 11.1. The summed E-state index contributed by atoms with van der Waals surface area (Å²) in [5.41, 5.74) is 4.05. The number of hydrogen-bond acceptors (Lipinski definition) is 10. The minimum atomic E-state index is -0.889. The van der Waals surface area contributed by atoms with Gasteiger partial charge in [0.05, 0.1) is 24.2 Å². The number of nitrogens with zero attached hydrogens (tertiary/aromatic N) is 3. The molecule has 302 valence electrons. The zero-order valence-electron chi connectivity index (χ0n) is 33.8. The zero-order chi connectivity index (χ0) is 40.9. The molecule has 2 N–H and O–H groups in total. The first-order chi connectivity index (χ1) is 27.0. The number of alkyl carbamates (subject to hydrolysis) is 1. The topological polar surface area (TPSA) is 169 Å². The lowest BCUT2D eigenvalue weighted by atomic mass is 9.92. The van der Waals surface area contributed by atoms with E-state index in [1.807, 2.05) is 52.0 Å². The lowest BCUT2D eigenvalue weighted by Crippen LogP contribution is -2.55. The van der Waals surface area contributed by atoms with Gasteiger partial charge in [0.25, 0.3) is 0 Å². The van der Waals surface area contributed by atoms with Gasteiger partial charge in [-0.3, -0.25) is 14.5 Å². The quantitative estimate of drug-likeness (QED) is 0.107. The number of ketones is 1. The van der Waals surface area contributed by atoms with Crippen LogP contribution in [0.5, 0.6) is 5.75 Å². The third kappa shape index (κ3) is 7.86. The molecule has 3 aliphatic rings. The number of fused-ring (bicyclic) bond motifs is 6. The van der Waals surface area contributed by atoms with Crippen molar-refractivity contribution in [3.63, 3.8) is 0 Å². The van der Waals surface area contributed by atoms with Crippen LogP contribution < -0.4 is 10.1 Å². The van der Waals surface area contributed by atoms with Gasteiger partial charge < -0.3 is 34.1 Å². The molecule has 57 heavy (non-hydrogen) atoms. The summed E-state index contributed by atoms with van der Waals surface area (Å²) in [7, 11) is 1.22. The van der Waals surface area contributed by atoms with Crippen LogP contribution in [0.25, 0.3) is 32.9 Å². The summed E-state index contributed by atoms with van der Waals surface area (Å²) in [6.07, 6.45) is 0.647. The summed E-state index contributed by atoms with van der Waals surface area (Å²) in [5, 5.41) is 4.48. The number of aromatic amines is 1. The van der Waals surface area contributed by atoms with Crippen molar-refractivity contribution in [2.45, 2.75) is 104 Å². The number of amides is 3. The molecule has 0 bridgehead atoms. The number of likely N-dealkylation sites (tertiary alicyclic amines) is 2. The monoisotopic (exact) mass is 781 g/mol. The lowest BCUT2D eigenvalue weighted by Gasteiger charge is -2.32. The SMILES string of the molecule is COC(=O)N[C@H](C(=O)N1[C@@H](C)CC[C@H]1C(=O)OCC(=O)c1ccc2c(c1)COc1cc3c(ccc4nc([C@@H]5C[C@H](C)CN5C(=O)OC(C)(C)C)[nH]c43)cc1-2)C(C)C. The number of ether oxygens (including phenoxy) is 4. The Bertz CT molecular complexity index is 2260. The van der Waals surface area contributed by atoms with E-state index in [1.54, 1.807) is 30.9 Å². The number of carbonyl (C=O) groups excluding carboxylic acids is 5. The molecule has 0 radical (unpaired) electrons. The summed E-state index contributed by atoms with van der Waals surface area (Å²) in [4.78, 5) is 77.0. The number of Topliss-reactive ketones (excluding diaryl/α,β-unsaturated/α-hetero) is 1. The molecule has 14 nitrogen and oxygen atoms in total. The van der Waals surface area contributed by atoms with Gasteiger partial charge >= 0.3 is 18.2 Å². The zero-order valence-corrected chi connectivity index (χ0v) is 33.8. The Balaban J connectivity index is 1.06. The van der Waals surface area contributed by atoms with Crippen molar-refractivity contribution in [1.82, 2.24) is 25.1 Å². The van der Waals surface area contributed by atoms with Gasteiger partial charge in [0, 0.05) is 29.1 Å². The van der Waals surface area contributed by atoms with Crippen molar-refractivity contribution in [2.24, 2.45) is 11.8 Å². The number of benzene rings is 3. The fourth-order valence-electron chi connectivity index (χ4n) is 8.23. The number of H-pyrrole nitrogens is 1. The first kappa shape index (κ1) is 39.6. The molecule has 0 saturated carbocycles. The molecular weight excluding hydrogens is 730 g/mol. The maximum atomic E-state index is 13.6. The highest BCUT2D eigenvalue weighted by Crippen LogP contribution is 2.43. The normalized spacial score (nSPS) is 20.9. The third-order valence-electron chi connectivity index (χ3n) is 11.1. The van der Waals surface area contributed by atoms with Crippen LogP contribution in [0.2, 0.25) is 0 Å². The highest BCUT2D eigenvalue weighted by atomic mass is 16.6. The molecule has 2 fully saturated rings. The van der Waals surface area contributed by atoms with Gasteiger partial charge in [-0.05, 0) is 99.6 Å². The Morgan fingerprint density at radius 1 is 1.02 bits per heavy atom. The molecule has 0 unspecified atom stereocenters. The van der Waals surface area contributed by atoms with E-state index in [0.717, 1.165) is 50.7 Å². The van der Waals surface area contributed by atoms with Gasteiger partial charge in [0.15, 0.2) is 12.4 Å². The molecule has 4 aromatic rings. The molecule has 3 amide bonds. The van der Waals surface area contributed by atoms with E-state index in [2.05, 4.69) is 23.3 Å². The van der Waals surface area contributed by atoms with Crippen molar-refractivity contribution in [3.8, 4) is 16.9 Å². The molecule has 1 aromatic heterocycles. The van der Waals surface area contributed by atoms with Crippen molar-refractivity contribution in [2.75, 3.05) is 20.3 Å². The number of imidazole rings is 1. The minimum absolute atomic E-state index is 0.233. The number of hydrogen-bond donors (Lipinski definition) is 2. The van der Waals surface area contributed by atoms with Crippen LogP contribution in [-0.2, 0) is 30.4 Å². The van der Waals surface area contributed by atoms with Crippen LogP contribution in [0.4, 0.5) is 9.59 Å². The van der Waals surface area contributed by atoms with E-state index in [9.17, 15) is 24.0 Å². The summed E-state index contributed by atoms with van der Waals surface area (Å²) < 4.78 is 22.2. The van der Waals surface area contributed by atoms with Crippen molar-refractivity contribution >= 4 is 51.7 Å². The van der Waals surface area contributed by atoms with Crippen LogP contribution >= 0.6 is 0 Å². The molecule has 0 aliphatic carbocycles. The molecule has 3 aromatic carbocycles. The Morgan fingerprint density at radius 3 is 2.51 bits per heavy atom. The number of nitrogens with one attached hydrogen (secondary N) is 2. The minimum Gasteiger partial charge on any atom is -0.488 e.